The lowest BCUT2D eigenvalue weighted by Crippen LogP contribution is -2.01. The SMILES string of the molecule is Cc1cc(C)c2c(C)c(C)ncc2c1.Cc1ccc2c(C)c(C)cnc2c1.Cc1ccc2nc(C)c(C)nc2c1C.Cc1ccc2nccnc2c1C.Cc1cnc2c(C)c(C)ccc2n1.Cc1nc(C)c2c(C)c(C)c(C)c(C)c2c1C.Cc1nc2c(C)c(C)c(C)c(C)c2nc1C. The predicted octanol–water partition coefficient (Wildman–Crippen LogP) is 22.2. The van der Waals surface area contributed by atoms with Crippen molar-refractivity contribution in [1.29, 1.82) is 0 Å². The van der Waals surface area contributed by atoms with Crippen molar-refractivity contribution in [2.45, 2.75) is 201 Å². The van der Waals surface area contributed by atoms with Crippen LogP contribution in [0.4, 0.5) is 0 Å². The van der Waals surface area contributed by atoms with E-state index in [1.54, 1.807) is 12.4 Å². The Labute approximate surface area is 589 Å². The summed E-state index contributed by atoms with van der Waals surface area (Å²) >= 11 is 0. The monoisotopic (exact) mass is 1310 g/mol. The van der Waals surface area contributed by atoms with Gasteiger partial charge in [-0.3, -0.25) is 29.9 Å². The molecule has 7 aromatic carbocycles. The summed E-state index contributed by atoms with van der Waals surface area (Å²) in [7, 11) is 0. The highest BCUT2D eigenvalue weighted by Crippen LogP contribution is 2.34. The maximum absolute atomic E-state index is 4.68. The van der Waals surface area contributed by atoms with Crippen LogP contribution in [0.25, 0.3) is 76.6 Å². The first kappa shape index (κ1) is 74.9. The number of benzene rings is 7. The number of aryl methyl sites for hydroxylation is 25. The first-order valence-corrected chi connectivity index (χ1v) is 34.4. The average Bonchev–Trinajstić information content (AvgIpc) is 0.761. The van der Waals surface area contributed by atoms with Gasteiger partial charge in [0.15, 0.2) is 0 Å². The van der Waals surface area contributed by atoms with E-state index in [-0.39, 0.29) is 0 Å². The van der Waals surface area contributed by atoms with E-state index in [1.165, 1.54) is 144 Å². The Bertz CT molecular complexity index is 5290. The molecule has 14 aromatic rings. The molecule has 0 spiro atoms. The van der Waals surface area contributed by atoms with Gasteiger partial charge in [-0.15, -0.1) is 0 Å². The summed E-state index contributed by atoms with van der Waals surface area (Å²) in [6.45, 7) is 61.3. The van der Waals surface area contributed by atoms with Gasteiger partial charge in [0, 0.05) is 64.2 Å². The Hall–Kier alpha value is -9.87. The maximum Gasteiger partial charge on any atom is 0.0924 e. The quantitative estimate of drug-likeness (QED) is 0.143. The van der Waals surface area contributed by atoms with E-state index in [9.17, 15) is 0 Å². The summed E-state index contributed by atoms with van der Waals surface area (Å²) in [5.74, 6) is 0. The van der Waals surface area contributed by atoms with E-state index in [0.29, 0.717) is 0 Å². The lowest BCUT2D eigenvalue weighted by Gasteiger charge is -2.18. The van der Waals surface area contributed by atoms with Crippen molar-refractivity contribution in [2.24, 2.45) is 0 Å². The van der Waals surface area contributed by atoms with Gasteiger partial charge in [-0.1, -0.05) is 42.0 Å². The van der Waals surface area contributed by atoms with E-state index in [1.807, 2.05) is 71.4 Å². The van der Waals surface area contributed by atoms with Crippen LogP contribution in [-0.2, 0) is 0 Å². The third-order valence-electron chi connectivity index (χ3n) is 20.7. The van der Waals surface area contributed by atoms with Crippen LogP contribution in [-0.4, -0.2) is 54.8 Å². The molecular weight excluding hydrogens is 1210 g/mol. The zero-order valence-electron chi connectivity index (χ0n) is 64.7. The summed E-state index contributed by atoms with van der Waals surface area (Å²) in [4.78, 5) is 49.2. The van der Waals surface area contributed by atoms with Crippen LogP contribution in [0.5, 0.6) is 0 Å². The van der Waals surface area contributed by atoms with E-state index in [4.69, 9.17) is 0 Å². The second kappa shape index (κ2) is 31.3. The maximum atomic E-state index is 4.68. The van der Waals surface area contributed by atoms with Crippen molar-refractivity contribution in [1.82, 2.24) is 54.8 Å². The first-order chi connectivity index (χ1) is 46.6. The third kappa shape index (κ3) is 16.3. The fraction of sp³-hybridized carbons (Fsp3) is 0.330. The molecule has 510 valence electrons. The number of hydrogen-bond acceptors (Lipinski definition) is 11. The van der Waals surface area contributed by atoms with Crippen molar-refractivity contribution in [2.75, 3.05) is 0 Å². The van der Waals surface area contributed by atoms with Gasteiger partial charge in [0.05, 0.1) is 78.1 Å². The van der Waals surface area contributed by atoms with Gasteiger partial charge in [0.2, 0.25) is 0 Å². The third-order valence-corrected chi connectivity index (χ3v) is 20.7. The van der Waals surface area contributed by atoms with E-state index >= 15 is 0 Å². The smallest absolute Gasteiger partial charge is 0.0924 e. The molecule has 0 saturated heterocycles. The molecule has 0 bridgehead atoms. The van der Waals surface area contributed by atoms with Crippen LogP contribution in [0, 0.1) is 201 Å². The summed E-state index contributed by atoms with van der Waals surface area (Å²) in [5.41, 5.74) is 45.2. The first-order valence-electron chi connectivity index (χ1n) is 34.4. The van der Waals surface area contributed by atoms with Gasteiger partial charge in [0.1, 0.15) is 0 Å². The molecule has 0 N–H and O–H groups in total. The molecule has 0 aliphatic carbocycles. The molecule has 14 rings (SSSR count). The Kier molecular flexibility index (Phi) is 23.7. The predicted molar refractivity (Wildman–Crippen MR) is 421 cm³/mol. The number of nitrogens with zero attached hydrogens (tertiary/aromatic N) is 11. The minimum absolute atomic E-state index is 0.968. The second-order valence-electron chi connectivity index (χ2n) is 27.4. The normalized spacial score (nSPS) is 10.9. The average molecular weight is 1310 g/mol. The second-order valence-corrected chi connectivity index (χ2v) is 27.4. The summed E-state index contributed by atoms with van der Waals surface area (Å²) in [5, 5.41) is 6.66. The van der Waals surface area contributed by atoms with Crippen LogP contribution in [0.3, 0.4) is 0 Å². The molecular formula is C88H103N11. The molecule has 0 radical (unpaired) electrons. The summed E-state index contributed by atoms with van der Waals surface area (Å²) in [6, 6.07) is 23.2. The highest BCUT2D eigenvalue weighted by molar-refractivity contribution is 5.95. The van der Waals surface area contributed by atoms with Crippen molar-refractivity contribution in [3.63, 3.8) is 0 Å². The number of fused-ring (bicyclic) bond motifs is 7. The Morgan fingerprint density at radius 3 is 1.26 bits per heavy atom. The van der Waals surface area contributed by atoms with Crippen LogP contribution < -0.4 is 0 Å². The molecule has 0 unspecified atom stereocenters. The standard InChI is InChI=1S/C16H21N.C14H18N2.C13H15N.C12H14N2.C12H13N.C11H12N2.C10H10N2/c1-8-9(2)11(4)16-14(7)17-13(6)12(5)15(16)10(8)3;1-7-8(2)10(4)14-13(9(7)3)15-11(5)12(6)16-14;1-8-5-9(2)13-10(3)11(4)14-7-12(13)6-8;1-7-5-6-11-12(8(7)2)14-10(4)9(3)13-11;1-8-4-5-11-10(3)9(2)7-13-12(11)6-8;1-7-4-5-10-11(9(7)3)12-6-8(2)13-10;1-7-3-4-9-10(8(7)2)12-6-5-11-9/h1-7H3;1-6H3;5-7H,1-4H3;5-6H,1-4H3;4-7H,1-3H3;4-6H,1-3H3;3-6H,1-2H3. The molecule has 11 nitrogen and oxygen atoms in total. The highest BCUT2D eigenvalue weighted by Gasteiger charge is 2.16. The number of rotatable bonds is 0. The topological polar surface area (TPSA) is 142 Å². The van der Waals surface area contributed by atoms with Crippen molar-refractivity contribution in [3.05, 3.63) is 260 Å². The molecule has 7 aromatic heterocycles. The molecule has 0 fully saturated rings. The van der Waals surface area contributed by atoms with Crippen LogP contribution in [0.15, 0.2) is 97.7 Å². The highest BCUT2D eigenvalue weighted by atomic mass is 14.8. The van der Waals surface area contributed by atoms with Gasteiger partial charge < -0.3 is 0 Å². The Morgan fingerprint density at radius 2 is 0.687 bits per heavy atom. The van der Waals surface area contributed by atoms with E-state index < -0.39 is 0 Å². The molecule has 0 saturated carbocycles. The molecule has 11 heteroatoms. The van der Waals surface area contributed by atoms with E-state index in [2.05, 4.69) is 270 Å². The minimum atomic E-state index is 0.968. The molecule has 0 aliphatic rings. The zero-order valence-corrected chi connectivity index (χ0v) is 64.7. The zero-order chi connectivity index (χ0) is 72.9. The molecule has 99 heavy (non-hydrogen) atoms. The van der Waals surface area contributed by atoms with Gasteiger partial charge in [-0.25, -0.2) is 24.9 Å². The number of aromatic nitrogens is 11. The Morgan fingerprint density at radius 1 is 0.212 bits per heavy atom. The lowest BCUT2D eigenvalue weighted by molar-refractivity contribution is 1.08. The summed E-state index contributed by atoms with van der Waals surface area (Å²) < 4.78 is 0. The van der Waals surface area contributed by atoms with Crippen molar-refractivity contribution in [3.8, 4) is 0 Å². The van der Waals surface area contributed by atoms with Gasteiger partial charge in [0.25, 0.3) is 0 Å². The molecule has 0 aliphatic heterocycles. The molecule has 7 heterocycles. The fourth-order valence-electron chi connectivity index (χ4n) is 12.7. The van der Waals surface area contributed by atoms with Gasteiger partial charge >= 0.3 is 0 Å². The Balaban J connectivity index is 0.000000147. The number of pyridine rings is 3. The fourth-order valence-corrected chi connectivity index (χ4v) is 12.7. The lowest BCUT2D eigenvalue weighted by atomic mass is 9.89. The van der Waals surface area contributed by atoms with E-state index in [0.717, 1.165) is 95.2 Å². The van der Waals surface area contributed by atoms with Crippen molar-refractivity contribution >= 4 is 76.6 Å². The molecule has 0 amide bonds. The van der Waals surface area contributed by atoms with Gasteiger partial charge in [-0.05, 0) is 353 Å². The molecule has 0 atom stereocenters. The summed E-state index contributed by atoms with van der Waals surface area (Å²) in [6.07, 6.45) is 9.18. The minimum Gasteiger partial charge on any atom is -0.261 e. The van der Waals surface area contributed by atoms with Crippen LogP contribution in [0.1, 0.15) is 162 Å². The number of hydrogen-bond donors (Lipinski definition) is 0. The van der Waals surface area contributed by atoms with Gasteiger partial charge in [-0.2, -0.15) is 0 Å². The van der Waals surface area contributed by atoms with Crippen molar-refractivity contribution < 1.29 is 0 Å². The van der Waals surface area contributed by atoms with Crippen LogP contribution in [0.2, 0.25) is 0 Å². The largest absolute Gasteiger partial charge is 0.261 e. The van der Waals surface area contributed by atoms with Crippen LogP contribution >= 0.6 is 0 Å².